The zero-order valence-electron chi connectivity index (χ0n) is 21.4. The number of halogens is 3. The summed E-state index contributed by atoms with van der Waals surface area (Å²) in [6.07, 6.45) is 4.92. The van der Waals surface area contributed by atoms with Crippen LogP contribution in [0.2, 0.25) is 10.0 Å². The van der Waals surface area contributed by atoms with Gasteiger partial charge in [-0.3, -0.25) is 9.69 Å². The van der Waals surface area contributed by atoms with Gasteiger partial charge in [0.15, 0.2) is 5.43 Å². The molecule has 190 valence electrons. The van der Waals surface area contributed by atoms with Crippen molar-refractivity contribution in [3.05, 3.63) is 104 Å². The van der Waals surface area contributed by atoms with Crippen molar-refractivity contribution >= 4 is 34.3 Å². The Morgan fingerprint density at radius 1 is 0.946 bits per heavy atom. The van der Waals surface area contributed by atoms with Crippen molar-refractivity contribution < 1.29 is 4.39 Å². The Labute approximate surface area is 226 Å². The van der Waals surface area contributed by atoms with Crippen LogP contribution < -0.4 is 5.43 Å². The van der Waals surface area contributed by atoms with Crippen molar-refractivity contribution in [2.75, 3.05) is 13.1 Å². The van der Waals surface area contributed by atoms with Crippen LogP contribution in [0.4, 0.5) is 4.39 Å². The monoisotopic (exact) mass is 534 g/mol. The Morgan fingerprint density at radius 3 is 2.30 bits per heavy atom. The maximum absolute atomic E-state index is 14.0. The zero-order chi connectivity index (χ0) is 26.5. The van der Waals surface area contributed by atoms with Gasteiger partial charge in [-0.15, -0.1) is 0 Å². The van der Waals surface area contributed by atoms with E-state index in [-0.39, 0.29) is 16.8 Å². The van der Waals surface area contributed by atoms with Crippen LogP contribution in [0.1, 0.15) is 38.3 Å². The molecule has 2 aromatic heterocycles. The smallest absolute Gasteiger partial charge is 0.190 e. The molecule has 0 radical (unpaired) electrons. The summed E-state index contributed by atoms with van der Waals surface area (Å²) < 4.78 is 16.0. The third kappa shape index (κ3) is 4.86. The molecular formula is C31H29Cl2FN2O. The van der Waals surface area contributed by atoms with Gasteiger partial charge in [-0.25, -0.2) is 4.39 Å². The summed E-state index contributed by atoms with van der Waals surface area (Å²) in [6, 6.07) is 15.8. The first kappa shape index (κ1) is 25.7. The highest BCUT2D eigenvalue weighted by Crippen LogP contribution is 2.38. The number of pyridine rings is 2. The van der Waals surface area contributed by atoms with Gasteiger partial charge in [-0.1, -0.05) is 35.3 Å². The Balaban J connectivity index is 1.82. The van der Waals surface area contributed by atoms with Gasteiger partial charge in [0.1, 0.15) is 5.82 Å². The lowest BCUT2D eigenvalue weighted by Gasteiger charge is -2.37. The van der Waals surface area contributed by atoms with E-state index in [9.17, 15) is 9.18 Å². The first-order valence-electron chi connectivity index (χ1n) is 12.4. The fourth-order valence-electron chi connectivity index (χ4n) is 5.15. The largest absolute Gasteiger partial charge is 0.316 e. The number of aromatic nitrogens is 1. The second-order valence-corrected chi connectivity index (χ2v) is 11.4. The molecule has 4 aromatic rings. The van der Waals surface area contributed by atoms with Gasteiger partial charge in [0.2, 0.25) is 0 Å². The summed E-state index contributed by atoms with van der Waals surface area (Å²) in [5, 5.41) is 0.834. The molecule has 0 saturated heterocycles. The molecule has 0 N–H and O–H groups in total. The Hall–Kier alpha value is -2.92. The molecular weight excluding hydrogens is 506 g/mol. The molecule has 0 unspecified atom stereocenters. The van der Waals surface area contributed by atoms with Crippen molar-refractivity contribution in [2.45, 2.75) is 39.7 Å². The lowest BCUT2D eigenvalue weighted by molar-refractivity contribution is 0.153. The van der Waals surface area contributed by atoms with Gasteiger partial charge < -0.3 is 4.40 Å². The van der Waals surface area contributed by atoms with Crippen LogP contribution in [0.25, 0.3) is 33.5 Å². The number of nitrogens with zero attached hydrogens (tertiary/aromatic N) is 2. The van der Waals surface area contributed by atoms with E-state index in [0.717, 1.165) is 41.9 Å². The van der Waals surface area contributed by atoms with Crippen LogP contribution >= 0.6 is 23.2 Å². The average Bonchev–Trinajstić information content (AvgIpc) is 2.84. The van der Waals surface area contributed by atoms with Gasteiger partial charge in [0, 0.05) is 42.0 Å². The maximum Gasteiger partial charge on any atom is 0.190 e. The van der Waals surface area contributed by atoms with Crippen LogP contribution in [0.3, 0.4) is 0 Å². The highest BCUT2D eigenvalue weighted by atomic mass is 35.5. The van der Waals surface area contributed by atoms with E-state index < -0.39 is 0 Å². The minimum absolute atomic E-state index is 0.0864. The SMILES string of the molecule is Cc1cc(F)ccc1-c1cc(C2=CCN(C(C)(C)C)CC2)cc2c(-c3c(Cl)cccc3Cl)c(=O)ccn12. The van der Waals surface area contributed by atoms with E-state index in [1.807, 2.05) is 11.3 Å². The van der Waals surface area contributed by atoms with Crippen molar-refractivity contribution in [1.29, 1.82) is 0 Å². The fraction of sp³-hybridized carbons (Fsp3) is 0.258. The Kier molecular flexibility index (Phi) is 6.78. The molecule has 37 heavy (non-hydrogen) atoms. The molecule has 0 amide bonds. The minimum atomic E-state index is -0.283. The van der Waals surface area contributed by atoms with E-state index in [2.05, 4.69) is 43.9 Å². The molecule has 6 heteroatoms. The van der Waals surface area contributed by atoms with Crippen LogP contribution in [-0.4, -0.2) is 27.9 Å². The highest BCUT2D eigenvalue weighted by Gasteiger charge is 2.25. The first-order valence-corrected chi connectivity index (χ1v) is 13.1. The van der Waals surface area contributed by atoms with Gasteiger partial charge in [-0.2, -0.15) is 0 Å². The number of rotatable bonds is 3. The van der Waals surface area contributed by atoms with Gasteiger partial charge in [0.25, 0.3) is 0 Å². The second-order valence-electron chi connectivity index (χ2n) is 10.6. The summed E-state index contributed by atoms with van der Waals surface area (Å²) in [5.74, 6) is -0.283. The Morgan fingerprint density at radius 2 is 1.68 bits per heavy atom. The number of benzene rings is 2. The van der Waals surface area contributed by atoms with E-state index in [0.29, 0.717) is 26.7 Å². The van der Waals surface area contributed by atoms with Gasteiger partial charge >= 0.3 is 0 Å². The van der Waals surface area contributed by atoms with Crippen molar-refractivity contribution in [3.63, 3.8) is 0 Å². The van der Waals surface area contributed by atoms with Crippen LogP contribution in [0.5, 0.6) is 0 Å². The summed E-state index contributed by atoms with van der Waals surface area (Å²) in [4.78, 5) is 15.8. The van der Waals surface area contributed by atoms with Crippen LogP contribution in [0.15, 0.2) is 71.7 Å². The van der Waals surface area contributed by atoms with Crippen molar-refractivity contribution in [3.8, 4) is 22.4 Å². The average molecular weight is 535 g/mol. The highest BCUT2D eigenvalue weighted by molar-refractivity contribution is 6.39. The van der Waals surface area contributed by atoms with E-state index >= 15 is 0 Å². The molecule has 3 heterocycles. The van der Waals surface area contributed by atoms with Crippen molar-refractivity contribution in [2.24, 2.45) is 0 Å². The third-order valence-corrected chi connectivity index (χ3v) is 7.82. The number of fused-ring (bicyclic) bond motifs is 1. The molecule has 3 nitrogen and oxygen atoms in total. The van der Waals surface area contributed by atoms with E-state index in [4.69, 9.17) is 23.2 Å². The topological polar surface area (TPSA) is 24.7 Å². The quantitative estimate of drug-likeness (QED) is 0.264. The molecule has 1 aliphatic rings. The summed E-state index contributed by atoms with van der Waals surface area (Å²) in [5.41, 5.74) is 6.42. The molecule has 5 rings (SSSR count). The lowest BCUT2D eigenvalue weighted by atomic mass is 9.93. The molecule has 0 spiro atoms. The van der Waals surface area contributed by atoms with Gasteiger partial charge in [-0.05, 0) is 93.3 Å². The molecule has 1 aliphatic heterocycles. The normalized spacial score (nSPS) is 14.7. The molecule has 0 aliphatic carbocycles. The summed E-state index contributed by atoms with van der Waals surface area (Å²) >= 11 is 13.2. The second kappa shape index (κ2) is 9.75. The van der Waals surface area contributed by atoms with Crippen LogP contribution in [0, 0.1) is 12.7 Å². The molecule has 2 aromatic carbocycles. The summed E-state index contributed by atoms with van der Waals surface area (Å²) in [7, 11) is 0. The summed E-state index contributed by atoms with van der Waals surface area (Å²) in [6.45, 7) is 10.4. The molecule has 0 fully saturated rings. The fourth-order valence-corrected chi connectivity index (χ4v) is 5.73. The van der Waals surface area contributed by atoms with Crippen LogP contribution in [-0.2, 0) is 0 Å². The predicted molar refractivity (Wildman–Crippen MR) is 153 cm³/mol. The van der Waals surface area contributed by atoms with Gasteiger partial charge in [0.05, 0.1) is 26.8 Å². The number of hydrogen-bond acceptors (Lipinski definition) is 2. The number of hydrogen-bond donors (Lipinski definition) is 0. The van der Waals surface area contributed by atoms with E-state index in [1.54, 1.807) is 30.5 Å². The first-order chi connectivity index (χ1) is 17.5. The molecule has 0 atom stereocenters. The zero-order valence-corrected chi connectivity index (χ0v) is 22.9. The van der Waals surface area contributed by atoms with Crippen molar-refractivity contribution in [1.82, 2.24) is 9.30 Å². The third-order valence-electron chi connectivity index (χ3n) is 7.19. The lowest BCUT2D eigenvalue weighted by Crippen LogP contribution is -2.43. The predicted octanol–water partition coefficient (Wildman–Crippen LogP) is 8.28. The Bertz CT molecular complexity index is 1590. The van der Waals surface area contributed by atoms with E-state index in [1.165, 1.54) is 23.8 Å². The molecule has 0 saturated carbocycles. The standard InChI is InChI=1S/C31H29Cl2FN2O/c1-19-16-22(34)8-9-23(19)26-17-21(20-10-13-35(14-11-20)31(2,3)4)18-27-30(28(37)12-15-36(26)27)29-24(32)6-5-7-25(29)33/h5-10,12,15-18H,11,13-14H2,1-4H3. The number of aryl methyl sites for hydroxylation is 1. The minimum Gasteiger partial charge on any atom is -0.316 e. The molecule has 0 bridgehead atoms. The maximum atomic E-state index is 14.0.